The molecule has 1 unspecified atom stereocenters. The molecule has 1 amide bonds. The van der Waals surface area contributed by atoms with Crippen molar-refractivity contribution in [1.29, 1.82) is 0 Å². The van der Waals surface area contributed by atoms with E-state index < -0.39 is 0 Å². The molecular formula is C10H20N2O2. The third-order valence-corrected chi connectivity index (χ3v) is 2.56. The van der Waals surface area contributed by atoms with Crippen LogP contribution in [0.25, 0.3) is 0 Å². The highest BCUT2D eigenvalue weighted by atomic mass is 16.5. The minimum atomic E-state index is -0.375. The van der Waals surface area contributed by atoms with E-state index in [4.69, 9.17) is 10.5 Å². The second-order valence-corrected chi connectivity index (χ2v) is 4.24. The third kappa shape index (κ3) is 2.69. The highest BCUT2D eigenvalue weighted by Crippen LogP contribution is 2.09. The molecule has 0 aromatic heterocycles. The maximum Gasteiger partial charge on any atom is 0.239 e. The van der Waals surface area contributed by atoms with Gasteiger partial charge >= 0.3 is 0 Å². The lowest BCUT2D eigenvalue weighted by Gasteiger charge is -2.33. The van der Waals surface area contributed by atoms with Gasteiger partial charge < -0.3 is 15.4 Å². The highest BCUT2D eigenvalue weighted by molar-refractivity contribution is 5.82. The average molecular weight is 200 g/mol. The van der Waals surface area contributed by atoms with Crippen LogP contribution in [0.1, 0.15) is 20.8 Å². The van der Waals surface area contributed by atoms with Gasteiger partial charge in [-0.15, -0.1) is 0 Å². The largest absolute Gasteiger partial charge is 0.375 e. The second kappa shape index (κ2) is 4.75. The van der Waals surface area contributed by atoms with E-state index in [2.05, 4.69) is 0 Å². The smallest absolute Gasteiger partial charge is 0.239 e. The Labute approximate surface area is 85.4 Å². The lowest BCUT2D eigenvalue weighted by atomic mass is 10.0. The summed E-state index contributed by atoms with van der Waals surface area (Å²) in [5, 5.41) is 0. The van der Waals surface area contributed by atoms with Crippen LogP contribution >= 0.6 is 0 Å². The molecule has 1 saturated heterocycles. The molecule has 82 valence electrons. The van der Waals surface area contributed by atoms with Gasteiger partial charge in [-0.2, -0.15) is 0 Å². The number of amides is 1. The molecule has 4 nitrogen and oxygen atoms in total. The number of morpholine rings is 1. The summed E-state index contributed by atoms with van der Waals surface area (Å²) in [7, 11) is 0. The van der Waals surface area contributed by atoms with Crippen molar-refractivity contribution in [3.8, 4) is 0 Å². The van der Waals surface area contributed by atoms with E-state index in [1.54, 1.807) is 4.90 Å². The average Bonchev–Trinajstić information content (AvgIpc) is 2.15. The maximum absolute atomic E-state index is 11.8. The van der Waals surface area contributed by atoms with Gasteiger partial charge in [-0.3, -0.25) is 4.79 Å². The number of carbonyl (C=O) groups is 1. The van der Waals surface area contributed by atoms with Crippen molar-refractivity contribution in [1.82, 2.24) is 4.90 Å². The molecular weight excluding hydrogens is 180 g/mol. The molecule has 2 atom stereocenters. The Morgan fingerprint density at radius 2 is 2.21 bits per heavy atom. The monoisotopic (exact) mass is 200 g/mol. The van der Waals surface area contributed by atoms with Crippen molar-refractivity contribution < 1.29 is 9.53 Å². The molecule has 0 saturated carbocycles. The first-order chi connectivity index (χ1) is 6.52. The molecule has 2 N–H and O–H groups in total. The lowest BCUT2D eigenvalue weighted by molar-refractivity contribution is -0.140. The Hall–Kier alpha value is -0.610. The summed E-state index contributed by atoms with van der Waals surface area (Å²) in [4.78, 5) is 13.6. The standard InChI is InChI=1S/C10H20N2O2/c1-7(2)9(11)10(13)12-4-5-14-8(3)6-12/h7-9H,4-6,11H2,1-3H3/t8?,9-/m0/s1. The van der Waals surface area contributed by atoms with Crippen LogP contribution in [0, 0.1) is 5.92 Å². The van der Waals surface area contributed by atoms with Crippen LogP contribution in [-0.4, -0.2) is 42.6 Å². The summed E-state index contributed by atoms with van der Waals surface area (Å²) in [6.07, 6.45) is 0.132. The van der Waals surface area contributed by atoms with Crippen molar-refractivity contribution in [2.75, 3.05) is 19.7 Å². The predicted octanol–water partition coefficient (Wildman–Crippen LogP) is 0.217. The normalized spacial score (nSPS) is 25.2. The number of hydrogen-bond acceptors (Lipinski definition) is 3. The molecule has 0 aliphatic carbocycles. The van der Waals surface area contributed by atoms with Gasteiger partial charge in [0, 0.05) is 13.1 Å². The Morgan fingerprint density at radius 1 is 1.57 bits per heavy atom. The predicted molar refractivity (Wildman–Crippen MR) is 54.8 cm³/mol. The molecule has 1 rings (SSSR count). The topological polar surface area (TPSA) is 55.6 Å². The molecule has 14 heavy (non-hydrogen) atoms. The molecule has 1 fully saturated rings. The summed E-state index contributed by atoms with van der Waals surface area (Å²) in [6.45, 7) is 7.86. The van der Waals surface area contributed by atoms with E-state index in [-0.39, 0.29) is 24.0 Å². The molecule has 0 bridgehead atoms. The van der Waals surface area contributed by atoms with Crippen LogP contribution in [0.4, 0.5) is 0 Å². The van der Waals surface area contributed by atoms with Crippen LogP contribution in [0.15, 0.2) is 0 Å². The number of nitrogens with two attached hydrogens (primary N) is 1. The van der Waals surface area contributed by atoms with Crippen molar-refractivity contribution in [2.45, 2.75) is 32.9 Å². The van der Waals surface area contributed by atoms with E-state index in [0.717, 1.165) is 0 Å². The molecule has 0 aromatic carbocycles. The van der Waals surface area contributed by atoms with Gasteiger partial charge in [0.25, 0.3) is 0 Å². The molecule has 1 aliphatic rings. The first kappa shape index (κ1) is 11.5. The Kier molecular flexibility index (Phi) is 3.89. The van der Waals surface area contributed by atoms with Crippen molar-refractivity contribution >= 4 is 5.91 Å². The summed E-state index contributed by atoms with van der Waals surface area (Å²) in [5.74, 6) is 0.246. The highest BCUT2D eigenvalue weighted by Gasteiger charge is 2.26. The molecule has 0 aromatic rings. The SMILES string of the molecule is CC1CN(C(=O)[C@@H](N)C(C)C)CCO1. The van der Waals surface area contributed by atoms with Crippen molar-refractivity contribution in [2.24, 2.45) is 11.7 Å². The van der Waals surface area contributed by atoms with E-state index in [9.17, 15) is 4.79 Å². The van der Waals surface area contributed by atoms with Gasteiger partial charge in [0.2, 0.25) is 5.91 Å². The number of rotatable bonds is 2. The van der Waals surface area contributed by atoms with E-state index in [1.165, 1.54) is 0 Å². The first-order valence-corrected chi connectivity index (χ1v) is 5.18. The van der Waals surface area contributed by atoms with Gasteiger partial charge in [-0.25, -0.2) is 0 Å². The van der Waals surface area contributed by atoms with E-state index >= 15 is 0 Å². The number of carbonyl (C=O) groups excluding carboxylic acids is 1. The minimum absolute atomic E-state index is 0.0511. The number of hydrogen-bond donors (Lipinski definition) is 1. The molecule has 1 aliphatic heterocycles. The zero-order valence-corrected chi connectivity index (χ0v) is 9.19. The zero-order valence-electron chi connectivity index (χ0n) is 9.19. The van der Waals surface area contributed by atoms with Crippen molar-refractivity contribution in [3.05, 3.63) is 0 Å². The van der Waals surface area contributed by atoms with Gasteiger partial charge in [0.05, 0.1) is 18.8 Å². The molecule has 4 heteroatoms. The first-order valence-electron chi connectivity index (χ1n) is 5.18. The van der Waals surface area contributed by atoms with Gasteiger partial charge in [0.15, 0.2) is 0 Å². The van der Waals surface area contributed by atoms with Crippen LogP contribution in [0.5, 0.6) is 0 Å². The van der Waals surface area contributed by atoms with Crippen molar-refractivity contribution in [3.63, 3.8) is 0 Å². The molecule has 0 spiro atoms. The second-order valence-electron chi connectivity index (χ2n) is 4.24. The number of nitrogens with zero attached hydrogens (tertiary/aromatic N) is 1. The summed E-state index contributed by atoms with van der Waals surface area (Å²) in [6, 6.07) is -0.375. The Balaban J connectivity index is 2.51. The fourth-order valence-corrected chi connectivity index (χ4v) is 1.51. The van der Waals surface area contributed by atoms with E-state index in [1.807, 2.05) is 20.8 Å². The van der Waals surface area contributed by atoms with Gasteiger partial charge in [-0.1, -0.05) is 13.8 Å². The Bertz CT molecular complexity index is 206. The van der Waals surface area contributed by atoms with Crippen LogP contribution in [0.3, 0.4) is 0 Å². The van der Waals surface area contributed by atoms with Crippen LogP contribution in [0.2, 0.25) is 0 Å². The Morgan fingerprint density at radius 3 is 2.71 bits per heavy atom. The van der Waals surface area contributed by atoms with Crippen LogP contribution in [-0.2, 0) is 9.53 Å². The zero-order chi connectivity index (χ0) is 10.7. The number of ether oxygens (including phenoxy) is 1. The molecule has 1 heterocycles. The fraction of sp³-hybridized carbons (Fsp3) is 0.900. The summed E-state index contributed by atoms with van der Waals surface area (Å²) >= 11 is 0. The van der Waals surface area contributed by atoms with Crippen LogP contribution < -0.4 is 5.73 Å². The lowest BCUT2D eigenvalue weighted by Crippen LogP contribution is -2.52. The molecule has 0 radical (unpaired) electrons. The van der Waals surface area contributed by atoms with E-state index in [0.29, 0.717) is 19.7 Å². The third-order valence-electron chi connectivity index (χ3n) is 2.56. The summed E-state index contributed by atoms with van der Waals surface area (Å²) in [5.41, 5.74) is 5.80. The fourth-order valence-electron chi connectivity index (χ4n) is 1.51. The minimum Gasteiger partial charge on any atom is -0.375 e. The van der Waals surface area contributed by atoms with Gasteiger partial charge in [0.1, 0.15) is 0 Å². The maximum atomic E-state index is 11.8. The quantitative estimate of drug-likeness (QED) is 0.693. The van der Waals surface area contributed by atoms with Gasteiger partial charge in [-0.05, 0) is 12.8 Å². The summed E-state index contributed by atoms with van der Waals surface area (Å²) < 4.78 is 5.36.